The van der Waals surface area contributed by atoms with Crippen molar-refractivity contribution < 1.29 is 25.2 Å². The Morgan fingerprint density at radius 3 is 2.65 bits per heavy atom. The summed E-state index contributed by atoms with van der Waals surface area (Å²) in [4.78, 5) is 0. The van der Waals surface area contributed by atoms with Gasteiger partial charge in [0.1, 0.15) is 0 Å². The van der Waals surface area contributed by atoms with E-state index >= 15 is 0 Å². The molecule has 0 aromatic heterocycles. The monoisotopic (exact) mass is 324 g/mol. The molecule has 5 heteroatoms. The Hall–Kier alpha value is -0.460. The van der Waals surface area contributed by atoms with Gasteiger partial charge in [0.25, 0.3) is 0 Å². The Kier molecular flexibility index (Phi) is 3.50. The topological polar surface area (TPSA) is 90.2 Å². The van der Waals surface area contributed by atoms with Gasteiger partial charge in [-0.1, -0.05) is 25.5 Å². The molecule has 130 valence electrons. The van der Waals surface area contributed by atoms with Crippen molar-refractivity contribution in [1.29, 1.82) is 0 Å². The van der Waals surface area contributed by atoms with E-state index < -0.39 is 23.7 Å². The second-order valence-electron chi connectivity index (χ2n) is 8.67. The molecule has 1 heterocycles. The SMILES string of the molecule is C[C@]12CC[C@H](O)CC1=C[C@H](O)C1C2OC[C@@]2(C)C1C[C@@H](O)[C@@H]2O. The summed E-state index contributed by atoms with van der Waals surface area (Å²) >= 11 is 0. The van der Waals surface area contributed by atoms with Gasteiger partial charge in [0.15, 0.2) is 0 Å². The maximum atomic E-state index is 10.8. The lowest BCUT2D eigenvalue weighted by Crippen LogP contribution is -2.61. The van der Waals surface area contributed by atoms with E-state index in [2.05, 4.69) is 6.92 Å². The second kappa shape index (κ2) is 5.02. The van der Waals surface area contributed by atoms with Crippen LogP contribution in [0, 0.1) is 22.7 Å². The van der Waals surface area contributed by atoms with Gasteiger partial charge in [-0.15, -0.1) is 0 Å². The number of fused-ring (bicyclic) bond motifs is 5. The van der Waals surface area contributed by atoms with Crippen LogP contribution >= 0.6 is 0 Å². The van der Waals surface area contributed by atoms with Gasteiger partial charge in [-0.2, -0.15) is 0 Å². The predicted molar refractivity (Wildman–Crippen MR) is 83.5 cm³/mol. The van der Waals surface area contributed by atoms with Gasteiger partial charge in [0.2, 0.25) is 0 Å². The Labute approximate surface area is 137 Å². The number of aliphatic hydroxyl groups excluding tert-OH is 4. The molecular weight excluding hydrogens is 296 g/mol. The quantitative estimate of drug-likeness (QED) is 0.490. The number of hydrogen-bond donors (Lipinski definition) is 4. The molecule has 3 unspecified atom stereocenters. The zero-order valence-electron chi connectivity index (χ0n) is 13.9. The third-order valence-corrected chi connectivity index (χ3v) is 7.35. The van der Waals surface area contributed by atoms with Gasteiger partial charge in [0, 0.05) is 16.7 Å². The largest absolute Gasteiger partial charge is 0.393 e. The summed E-state index contributed by atoms with van der Waals surface area (Å²) in [7, 11) is 0. The van der Waals surface area contributed by atoms with Crippen LogP contribution in [-0.2, 0) is 4.74 Å². The van der Waals surface area contributed by atoms with Crippen LogP contribution in [0.3, 0.4) is 0 Å². The van der Waals surface area contributed by atoms with Crippen molar-refractivity contribution in [1.82, 2.24) is 0 Å². The lowest BCUT2D eigenvalue weighted by molar-refractivity contribution is -0.208. The molecule has 23 heavy (non-hydrogen) atoms. The molecule has 0 bridgehead atoms. The summed E-state index contributed by atoms with van der Waals surface area (Å²) in [5.74, 6) is -0.0627. The minimum atomic E-state index is -0.799. The minimum absolute atomic E-state index is 0.0442. The van der Waals surface area contributed by atoms with Crippen molar-refractivity contribution >= 4 is 0 Å². The van der Waals surface area contributed by atoms with Crippen LogP contribution in [0.4, 0.5) is 0 Å². The summed E-state index contributed by atoms with van der Waals surface area (Å²) in [6, 6.07) is 0. The second-order valence-corrected chi connectivity index (χ2v) is 8.67. The molecule has 4 N–H and O–H groups in total. The van der Waals surface area contributed by atoms with Crippen LogP contribution in [-0.4, -0.2) is 57.6 Å². The highest BCUT2D eigenvalue weighted by atomic mass is 16.5. The van der Waals surface area contributed by atoms with Gasteiger partial charge < -0.3 is 25.2 Å². The summed E-state index contributed by atoms with van der Waals surface area (Å²) < 4.78 is 6.24. The van der Waals surface area contributed by atoms with Crippen molar-refractivity contribution in [3.05, 3.63) is 11.6 Å². The third kappa shape index (κ3) is 2.04. The highest BCUT2D eigenvalue weighted by Crippen LogP contribution is 2.60. The van der Waals surface area contributed by atoms with Crippen LogP contribution in [0.1, 0.15) is 39.5 Å². The maximum Gasteiger partial charge on any atom is 0.0877 e. The first-order valence-electron chi connectivity index (χ1n) is 8.82. The zero-order chi connectivity index (χ0) is 16.6. The predicted octanol–water partition coefficient (Wildman–Crippen LogP) is 0.601. The smallest absolute Gasteiger partial charge is 0.0877 e. The van der Waals surface area contributed by atoms with Crippen molar-refractivity contribution in [3.8, 4) is 0 Å². The summed E-state index contributed by atoms with van der Waals surface area (Å²) in [6.45, 7) is 4.56. The van der Waals surface area contributed by atoms with Crippen molar-refractivity contribution in [2.24, 2.45) is 22.7 Å². The molecule has 0 aromatic carbocycles. The van der Waals surface area contributed by atoms with Crippen LogP contribution in [0.15, 0.2) is 11.6 Å². The molecular formula is C18H28O5. The standard InChI is InChI=1S/C18H28O5/c1-17-4-3-10(19)5-9(17)6-12(20)14-11-7-13(21)15(22)18(11,2)8-23-16(14)17/h6,10-16,19-22H,3-5,7-8H2,1-2H3/t10-,11?,12-,13+,14?,15-,16?,17-,18-/m0/s1. The van der Waals surface area contributed by atoms with Crippen LogP contribution in [0.5, 0.6) is 0 Å². The van der Waals surface area contributed by atoms with E-state index in [1.807, 2.05) is 13.0 Å². The lowest BCUT2D eigenvalue weighted by atomic mass is 9.54. The molecule has 0 amide bonds. The third-order valence-electron chi connectivity index (χ3n) is 7.35. The van der Waals surface area contributed by atoms with Crippen LogP contribution in [0.2, 0.25) is 0 Å². The lowest BCUT2D eigenvalue weighted by Gasteiger charge is -2.57. The first kappa shape index (κ1) is 16.0. The van der Waals surface area contributed by atoms with Crippen LogP contribution in [0.25, 0.3) is 0 Å². The summed E-state index contributed by atoms with van der Waals surface area (Å²) in [5.41, 5.74) is 0.438. The van der Waals surface area contributed by atoms with E-state index in [0.717, 1.165) is 18.4 Å². The molecule has 3 fully saturated rings. The van der Waals surface area contributed by atoms with Gasteiger partial charge in [-0.3, -0.25) is 0 Å². The number of rotatable bonds is 0. The normalized spacial score (nSPS) is 58.9. The zero-order valence-corrected chi connectivity index (χ0v) is 13.9. The number of ether oxygens (including phenoxy) is 1. The molecule has 0 aromatic rings. The average Bonchev–Trinajstić information content (AvgIpc) is 2.73. The van der Waals surface area contributed by atoms with E-state index in [1.165, 1.54) is 0 Å². The van der Waals surface area contributed by atoms with E-state index in [0.29, 0.717) is 19.4 Å². The highest BCUT2D eigenvalue weighted by molar-refractivity contribution is 5.29. The van der Waals surface area contributed by atoms with Crippen LogP contribution < -0.4 is 0 Å². The number of aliphatic hydroxyl groups is 4. The van der Waals surface area contributed by atoms with Gasteiger partial charge in [0.05, 0.1) is 37.1 Å². The van der Waals surface area contributed by atoms with E-state index in [4.69, 9.17) is 4.74 Å². The first-order chi connectivity index (χ1) is 10.8. The molecule has 1 saturated heterocycles. The fourth-order valence-corrected chi connectivity index (χ4v) is 5.84. The van der Waals surface area contributed by atoms with E-state index in [9.17, 15) is 20.4 Å². The summed E-state index contributed by atoms with van der Waals surface area (Å²) in [6.07, 6.45) is 2.01. The maximum absolute atomic E-state index is 10.8. The Bertz CT molecular complexity index is 534. The molecule has 3 aliphatic carbocycles. The molecule has 0 radical (unpaired) electrons. The van der Waals surface area contributed by atoms with E-state index in [-0.39, 0.29) is 29.5 Å². The highest BCUT2D eigenvalue weighted by Gasteiger charge is 2.63. The molecule has 0 spiro atoms. The first-order valence-corrected chi connectivity index (χ1v) is 8.82. The van der Waals surface area contributed by atoms with Crippen molar-refractivity contribution in [2.45, 2.75) is 70.1 Å². The minimum Gasteiger partial charge on any atom is -0.393 e. The Morgan fingerprint density at radius 2 is 1.91 bits per heavy atom. The van der Waals surface area contributed by atoms with Gasteiger partial charge >= 0.3 is 0 Å². The van der Waals surface area contributed by atoms with Gasteiger partial charge in [-0.25, -0.2) is 0 Å². The van der Waals surface area contributed by atoms with Crippen molar-refractivity contribution in [2.75, 3.05) is 6.61 Å². The molecule has 9 atom stereocenters. The molecule has 4 aliphatic rings. The Morgan fingerprint density at radius 1 is 1.17 bits per heavy atom. The fourth-order valence-electron chi connectivity index (χ4n) is 5.84. The van der Waals surface area contributed by atoms with E-state index in [1.54, 1.807) is 0 Å². The van der Waals surface area contributed by atoms with Gasteiger partial charge in [-0.05, 0) is 31.6 Å². The molecule has 2 saturated carbocycles. The summed E-state index contributed by atoms with van der Waals surface area (Å²) in [5, 5.41) is 41.3. The van der Waals surface area contributed by atoms with Crippen molar-refractivity contribution in [3.63, 3.8) is 0 Å². The Balaban J connectivity index is 1.73. The fraction of sp³-hybridized carbons (Fsp3) is 0.889. The average molecular weight is 324 g/mol. The number of hydrogen-bond acceptors (Lipinski definition) is 5. The molecule has 5 nitrogen and oxygen atoms in total. The molecule has 1 aliphatic heterocycles. The molecule has 4 rings (SSSR count).